The molecule has 53 heavy (non-hydrogen) atoms. The second-order valence-electron chi connectivity index (χ2n) is 12.3. The van der Waals surface area contributed by atoms with Crippen molar-refractivity contribution in [3.63, 3.8) is 0 Å². The molecule has 1 amide bonds. The van der Waals surface area contributed by atoms with Crippen molar-refractivity contribution < 1.29 is 61.9 Å². The maximum Gasteiger partial charge on any atom is 0.303 e. The molecule has 1 N–H and O–H groups in total. The number of aryl methyl sites for hydroxylation is 1. The molecule has 4 rings (SSSR count). The van der Waals surface area contributed by atoms with Crippen LogP contribution in [0.4, 0.5) is 0 Å². The van der Waals surface area contributed by atoms with Crippen LogP contribution in [0.25, 0.3) is 11.1 Å². The minimum atomic E-state index is -2.07. The predicted molar refractivity (Wildman–Crippen MR) is 188 cm³/mol. The molecular formula is C39H45NO13. The van der Waals surface area contributed by atoms with Crippen LogP contribution in [-0.4, -0.2) is 93.5 Å². The van der Waals surface area contributed by atoms with E-state index in [0.29, 0.717) is 17.7 Å². The van der Waals surface area contributed by atoms with Gasteiger partial charge in [0.1, 0.15) is 18.5 Å². The first-order valence-electron chi connectivity index (χ1n) is 16.9. The van der Waals surface area contributed by atoms with Gasteiger partial charge in [-0.15, -0.1) is 0 Å². The lowest BCUT2D eigenvalue weighted by Gasteiger charge is -2.50. The lowest BCUT2D eigenvalue weighted by molar-refractivity contribution is -0.335. The minimum absolute atomic E-state index is 0.00725. The number of carbonyl (C=O) groups is 5. The fourth-order valence-electron chi connectivity index (χ4n) is 5.82. The Morgan fingerprint density at radius 3 is 2.11 bits per heavy atom. The zero-order valence-electron chi connectivity index (χ0n) is 30.6. The van der Waals surface area contributed by atoms with Crippen molar-refractivity contribution in [1.29, 1.82) is 0 Å². The van der Waals surface area contributed by atoms with Crippen LogP contribution >= 0.6 is 0 Å². The monoisotopic (exact) mass is 735 g/mol. The third-order valence-electron chi connectivity index (χ3n) is 8.13. The zero-order valence-corrected chi connectivity index (χ0v) is 30.6. The first-order chi connectivity index (χ1) is 25.3. The molecule has 0 aliphatic carbocycles. The van der Waals surface area contributed by atoms with E-state index in [1.165, 1.54) is 6.92 Å². The Morgan fingerprint density at radius 1 is 0.774 bits per heavy atom. The van der Waals surface area contributed by atoms with Gasteiger partial charge in [0, 0.05) is 40.3 Å². The fraction of sp³-hybridized carbons (Fsp3) is 0.410. The molecule has 1 saturated heterocycles. The number of hydrogen-bond acceptors (Lipinski definition) is 13. The second kappa shape index (κ2) is 19.0. The quantitative estimate of drug-likeness (QED) is 0.127. The average Bonchev–Trinajstić information content (AvgIpc) is 3.12. The van der Waals surface area contributed by atoms with Crippen LogP contribution in [-0.2, 0) is 58.9 Å². The Morgan fingerprint density at radius 2 is 1.47 bits per heavy atom. The van der Waals surface area contributed by atoms with Gasteiger partial charge in [-0.05, 0) is 53.4 Å². The normalized spacial score (nSPS) is 20.8. The van der Waals surface area contributed by atoms with Crippen LogP contribution in [0, 0.1) is 6.92 Å². The molecule has 1 fully saturated rings. The molecule has 5 atom stereocenters. The Balaban J connectivity index is 1.72. The SMILES string of the molecule is CNC(=O)c1cccc(-c2ccc(O[C@H]3O[C@H](COC(C)=O)[C@@H](OC(C)=O)[C@H](OC(C)=O)[C@]3(COCCOCc3ccccc3)OC(C)=O)c(C)c2)c1. The summed E-state index contributed by atoms with van der Waals surface area (Å²) in [5, 5.41) is 2.61. The van der Waals surface area contributed by atoms with Gasteiger partial charge in [-0.2, -0.15) is 0 Å². The average molecular weight is 736 g/mol. The Bertz CT molecular complexity index is 1750. The van der Waals surface area contributed by atoms with E-state index in [4.69, 9.17) is 37.9 Å². The van der Waals surface area contributed by atoms with Gasteiger partial charge in [0.05, 0.1) is 26.4 Å². The largest absolute Gasteiger partial charge is 0.463 e. The van der Waals surface area contributed by atoms with E-state index in [-0.39, 0.29) is 24.9 Å². The van der Waals surface area contributed by atoms with Crippen LogP contribution in [0.2, 0.25) is 0 Å². The van der Waals surface area contributed by atoms with Crippen molar-refractivity contribution in [2.45, 2.75) is 71.4 Å². The summed E-state index contributed by atoms with van der Waals surface area (Å²) in [4.78, 5) is 62.1. The highest BCUT2D eigenvalue weighted by Crippen LogP contribution is 2.40. The molecule has 1 aliphatic rings. The van der Waals surface area contributed by atoms with E-state index < -0.39 is 67.3 Å². The summed E-state index contributed by atoms with van der Waals surface area (Å²) >= 11 is 0. The van der Waals surface area contributed by atoms with Crippen LogP contribution in [0.1, 0.15) is 49.2 Å². The van der Waals surface area contributed by atoms with E-state index in [1.54, 1.807) is 44.3 Å². The molecule has 0 radical (unpaired) electrons. The first-order valence-corrected chi connectivity index (χ1v) is 16.9. The summed E-state index contributed by atoms with van der Waals surface area (Å²) in [6.45, 7) is 5.95. The van der Waals surface area contributed by atoms with Gasteiger partial charge in [0.25, 0.3) is 5.91 Å². The number of rotatable bonds is 16. The summed E-state index contributed by atoms with van der Waals surface area (Å²) in [7, 11) is 1.55. The van der Waals surface area contributed by atoms with Crippen LogP contribution in [0.15, 0.2) is 72.8 Å². The third kappa shape index (κ3) is 11.1. The molecule has 3 aromatic carbocycles. The highest BCUT2D eigenvalue weighted by atomic mass is 16.7. The molecule has 1 heterocycles. The van der Waals surface area contributed by atoms with Gasteiger partial charge in [0.2, 0.25) is 11.9 Å². The van der Waals surface area contributed by atoms with Gasteiger partial charge in [0.15, 0.2) is 12.2 Å². The number of benzene rings is 3. The molecule has 284 valence electrons. The molecular weight excluding hydrogens is 690 g/mol. The van der Waals surface area contributed by atoms with Crippen molar-refractivity contribution in [3.05, 3.63) is 89.5 Å². The van der Waals surface area contributed by atoms with E-state index >= 15 is 0 Å². The smallest absolute Gasteiger partial charge is 0.303 e. The third-order valence-corrected chi connectivity index (χ3v) is 8.13. The number of hydrogen-bond donors (Lipinski definition) is 1. The summed E-state index contributed by atoms with van der Waals surface area (Å²) in [5.74, 6) is -3.00. The Labute approximate surface area is 307 Å². The van der Waals surface area contributed by atoms with E-state index in [1.807, 2.05) is 42.5 Å². The molecule has 0 spiro atoms. The first kappa shape index (κ1) is 40.5. The summed E-state index contributed by atoms with van der Waals surface area (Å²) in [6, 6.07) is 21.9. The van der Waals surface area contributed by atoms with Crippen molar-refractivity contribution in [2.75, 3.05) is 33.5 Å². The molecule has 0 bridgehead atoms. The van der Waals surface area contributed by atoms with Crippen molar-refractivity contribution in [3.8, 4) is 16.9 Å². The number of amides is 1. The number of nitrogens with one attached hydrogen (secondary N) is 1. The number of carbonyl (C=O) groups excluding carboxylic acids is 5. The molecule has 1 aliphatic heterocycles. The van der Waals surface area contributed by atoms with Gasteiger partial charge in [-0.3, -0.25) is 24.0 Å². The molecule has 0 unspecified atom stereocenters. The van der Waals surface area contributed by atoms with Gasteiger partial charge in [-0.1, -0.05) is 48.5 Å². The highest BCUT2D eigenvalue weighted by molar-refractivity contribution is 5.95. The molecule has 14 nitrogen and oxygen atoms in total. The Kier molecular flexibility index (Phi) is 14.5. The van der Waals surface area contributed by atoms with Crippen molar-refractivity contribution in [2.24, 2.45) is 0 Å². The van der Waals surface area contributed by atoms with E-state index in [9.17, 15) is 24.0 Å². The number of ether oxygens (including phenoxy) is 8. The van der Waals surface area contributed by atoms with E-state index in [2.05, 4.69) is 5.32 Å². The van der Waals surface area contributed by atoms with Gasteiger partial charge >= 0.3 is 23.9 Å². The van der Waals surface area contributed by atoms with Gasteiger partial charge < -0.3 is 43.2 Å². The van der Waals surface area contributed by atoms with Crippen LogP contribution < -0.4 is 10.1 Å². The lowest BCUT2D eigenvalue weighted by Crippen LogP contribution is -2.72. The lowest BCUT2D eigenvalue weighted by atomic mass is 9.85. The molecule has 0 aromatic heterocycles. The van der Waals surface area contributed by atoms with Crippen LogP contribution in [0.5, 0.6) is 5.75 Å². The fourth-order valence-corrected chi connectivity index (χ4v) is 5.82. The van der Waals surface area contributed by atoms with Crippen molar-refractivity contribution >= 4 is 29.8 Å². The zero-order chi connectivity index (χ0) is 38.5. The topological polar surface area (TPSA) is 171 Å². The standard InChI is InChI=1S/C39H45NO13/c1-24-19-31(30-13-10-14-32(20-30)37(45)40-6)15-16-33(24)51-38-39(53-28(5)44,23-47-18-17-46-21-29-11-8-7-9-12-29)36(50-27(4)43)35(49-26(3)42)34(52-38)22-48-25(2)41/h7-16,19-20,34-36,38H,17-18,21-23H2,1-6H3,(H,40,45)/t34-,35-,36+,38+,39+/m1/s1. The van der Waals surface area contributed by atoms with Crippen molar-refractivity contribution in [1.82, 2.24) is 5.32 Å². The molecule has 0 saturated carbocycles. The summed E-state index contributed by atoms with van der Waals surface area (Å²) in [5.41, 5.74) is 1.52. The maximum atomic E-state index is 12.9. The van der Waals surface area contributed by atoms with Gasteiger partial charge in [-0.25, -0.2) is 0 Å². The van der Waals surface area contributed by atoms with Crippen LogP contribution in [0.3, 0.4) is 0 Å². The minimum Gasteiger partial charge on any atom is -0.463 e. The number of esters is 4. The second-order valence-corrected chi connectivity index (χ2v) is 12.3. The van der Waals surface area contributed by atoms with E-state index in [0.717, 1.165) is 37.5 Å². The molecule has 14 heteroatoms. The predicted octanol–water partition coefficient (Wildman–Crippen LogP) is 4.09. The summed E-state index contributed by atoms with van der Waals surface area (Å²) in [6.07, 6.45) is -5.83. The highest BCUT2D eigenvalue weighted by Gasteiger charge is 2.64. The molecule has 3 aromatic rings. The maximum absolute atomic E-state index is 12.9. The Hall–Kier alpha value is -5.31. The summed E-state index contributed by atoms with van der Waals surface area (Å²) < 4.78 is 47.2.